The monoisotopic (exact) mass is 349 g/mol. The molecule has 1 fully saturated rings. The number of nitro groups is 1. The third kappa shape index (κ3) is 5.50. The standard InChI is InChI=1S/C16H23N5O4/c1-2-19-5-7-20(8-6-19)11-12-3-4-13(21(24)25)9-14(12)18-16(23)10-15(17)22/h3-4,9H,2,5-8,10-11H2,1H3,(H2,17,22)(H,18,23). The molecule has 0 radical (unpaired) electrons. The van der Waals surface area contributed by atoms with Crippen molar-refractivity contribution >= 4 is 23.2 Å². The predicted octanol–water partition coefficient (Wildman–Crippen LogP) is 0.546. The van der Waals surface area contributed by atoms with Gasteiger partial charge in [0.15, 0.2) is 0 Å². The van der Waals surface area contributed by atoms with Gasteiger partial charge in [0, 0.05) is 44.9 Å². The Balaban J connectivity index is 2.14. The van der Waals surface area contributed by atoms with Crippen molar-refractivity contribution in [3.8, 4) is 0 Å². The van der Waals surface area contributed by atoms with E-state index in [0.29, 0.717) is 12.2 Å². The van der Waals surface area contributed by atoms with E-state index in [1.54, 1.807) is 6.07 Å². The molecule has 3 N–H and O–H groups in total. The first-order valence-electron chi connectivity index (χ1n) is 8.19. The molecule has 0 bridgehead atoms. The number of hydrogen-bond acceptors (Lipinski definition) is 6. The number of amides is 2. The number of nitrogens with zero attached hydrogens (tertiary/aromatic N) is 3. The lowest BCUT2D eigenvalue weighted by Crippen LogP contribution is -2.45. The normalized spacial score (nSPS) is 15.7. The van der Waals surface area contributed by atoms with E-state index in [1.807, 2.05) is 0 Å². The first kappa shape index (κ1) is 18.8. The van der Waals surface area contributed by atoms with Gasteiger partial charge in [-0.15, -0.1) is 0 Å². The fourth-order valence-electron chi connectivity index (χ4n) is 2.79. The Morgan fingerprint density at radius 2 is 1.88 bits per heavy atom. The number of carbonyl (C=O) groups is 2. The van der Waals surface area contributed by atoms with Crippen molar-refractivity contribution in [2.75, 3.05) is 38.0 Å². The minimum absolute atomic E-state index is 0.117. The SMILES string of the molecule is CCN1CCN(Cc2ccc([N+](=O)[O-])cc2NC(=O)CC(N)=O)CC1. The highest BCUT2D eigenvalue weighted by Gasteiger charge is 2.19. The van der Waals surface area contributed by atoms with E-state index >= 15 is 0 Å². The zero-order chi connectivity index (χ0) is 18.4. The third-order valence-corrected chi connectivity index (χ3v) is 4.22. The maximum absolute atomic E-state index is 11.8. The minimum atomic E-state index is -0.750. The van der Waals surface area contributed by atoms with Gasteiger partial charge < -0.3 is 16.0 Å². The molecule has 0 spiro atoms. The summed E-state index contributed by atoms with van der Waals surface area (Å²) in [6.45, 7) is 7.42. The molecule has 9 nitrogen and oxygen atoms in total. The zero-order valence-electron chi connectivity index (χ0n) is 14.2. The van der Waals surface area contributed by atoms with Gasteiger partial charge in [0.05, 0.1) is 10.6 Å². The molecule has 136 valence electrons. The maximum Gasteiger partial charge on any atom is 0.271 e. The van der Waals surface area contributed by atoms with Crippen LogP contribution in [0.4, 0.5) is 11.4 Å². The van der Waals surface area contributed by atoms with E-state index in [1.165, 1.54) is 12.1 Å². The molecule has 1 aliphatic rings. The van der Waals surface area contributed by atoms with Gasteiger partial charge in [-0.3, -0.25) is 24.6 Å². The van der Waals surface area contributed by atoms with Crippen LogP contribution in [0.25, 0.3) is 0 Å². The number of primary amides is 1. The van der Waals surface area contributed by atoms with E-state index in [0.717, 1.165) is 38.3 Å². The van der Waals surface area contributed by atoms with E-state index in [2.05, 4.69) is 22.0 Å². The summed E-state index contributed by atoms with van der Waals surface area (Å²) in [4.78, 5) is 37.8. The molecule has 9 heteroatoms. The van der Waals surface area contributed by atoms with Crippen molar-refractivity contribution in [2.24, 2.45) is 5.73 Å². The summed E-state index contributed by atoms with van der Waals surface area (Å²) in [5.74, 6) is -1.33. The fourth-order valence-corrected chi connectivity index (χ4v) is 2.79. The number of nitro benzene ring substituents is 1. The Bertz CT molecular complexity index is 656. The number of anilines is 1. The third-order valence-electron chi connectivity index (χ3n) is 4.22. The highest BCUT2D eigenvalue weighted by atomic mass is 16.6. The Kier molecular flexibility index (Phi) is 6.43. The van der Waals surface area contributed by atoms with Crippen molar-refractivity contribution in [3.63, 3.8) is 0 Å². The van der Waals surface area contributed by atoms with E-state index in [4.69, 9.17) is 5.73 Å². The second kappa shape index (κ2) is 8.54. The van der Waals surface area contributed by atoms with Crippen LogP contribution in [0.15, 0.2) is 18.2 Å². The first-order valence-corrected chi connectivity index (χ1v) is 8.19. The Morgan fingerprint density at radius 1 is 1.24 bits per heavy atom. The molecule has 1 aromatic rings. The molecule has 0 atom stereocenters. The molecule has 1 heterocycles. The molecule has 1 aromatic carbocycles. The number of rotatable bonds is 7. The molecule has 0 aliphatic carbocycles. The number of hydrogen-bond donors (Lipinski definition) is 2. The van der Waals surface area contributed by atoms with Crippen LogP contribution >= 0.6 is 0 Å². The fraction of sp³-hybridized carbons (Fsp3) is 0.500. The molecular formula is C16H23N5O4. The zero-order valence-corrected chi connectivity index (χ0v) is 14.2. The molecule has 1 saturated heterocycles. The summed E-state index contributed by atoms with van der Waals surface area (Å²) in [5, 5.41) is 13.6. The quantitative estimate of drug-likeness (QED) is 0.421. The lowest BCUT2D eigenvalue weighted by Gasteiger charge is -2.34. The average molecular weight is 349 g/mol. The molecule has 0 unspecified atom stereocenters. The Labute approximate surface area is 145 Å². The minimum Gasteiger partial charge on any atom is -0.369 e. The van der Waals surface area contributed by atoms with E-state index in [-0.39, 0.29) is 5.69 Å². The Hall–Kier alpha value is -2.52. The molecule has 0 saturated carbocycles. The summed E-state index contributed by atoms with van der Waals surface area (Å²) in [6, 6.07) is 4.38. The topological polar surface area (TPSA) is 122 Å². The molecule has 2 amide bonds. The average Bonchev–Trinajstić information content (AvgIpc) is 2.56. The number of nitrogens with one attached hydrogen (secondary N) is 1. The molecule has 1 aliphatic heterocycles. The van der Waals surface area contributed by atoms with Crippen molar-refractivity contribution in [2.45, 2.75) is 19.9 Å². The van der Waals surface area contributed by atoms with Gasteiger partial charge >= 0.3 is 0 Å². The summed E-state index contributed by atoms with van der Waals surface area (Å²) in [7, 11) is 0. The van der Waals surface area contributed by atoms with Crippen molar-refractivity contribution in [1.29, 1.82) is 0 Å². The van der Waals surface area contributed by atoms with Gasteiger partial charge in [0.1, 0.15) is 6.42 Å². The summed E-state index contributed by atoms with van der Waals surface area (Å²) >= 11 is 0. The van der Waals surface area contributed by atoms with Crippen LogP contribution in [-0.2, 0) is 16.1 Å². The van der Waals surface area contributed by atoms with Crippen LogP contribution < -0.4 is 11.1 Å². The number of nitrogens with two attached hydrogens (primary N) is 1. The highest BCUT2D eigenvalue weighted by molar-refractivity contribution is 6.03. The van der Waals surface area contributed by atoms with E-state index < -0.39 is 23.2 Å². The van der Waals surface area contributed by atoms with Crippen LogP contribution in [0.1, 0.15) is 18.9 Å². The van der Waals surface area contributed by atoms with Gasteiger partial charge in [-0.05, 0) is 18.2 Å². The molecular weight excluding hydrogens is 326 g/mol. The number of non-ortho nitro benzene ring substituents is 1. The second-order valence-electron chi connectivity index (χ2n) is 6.00. The number of likely N-dealkylation sites (N-methyl/N-ethyl adjacent to an activating group) is 1. The Morgan fingerprint density at radius 3 is 2.44 bits per heavy atom. The summed E-state index contributed by atoms with van der Waals surface area (Å²) in [5.41, 5.74) is 6.02. The van der Waals surface area contributed by atoms with Gasteiger partial charge in [0.25, 0.3) is 5.69 Å². The first-order chi connectivity index (χ1) is 11.9. The van der Waals surface area contributed by atoms with Crippen LogP contribution in [0.3, 0.4) is 0 Å². The van der Waals surface area contributed by atoms with E-state index in [9.17, 15) is 19.7 Å². The highest BCUT2D eigenvalue weighted by Crippen LogP contribution is 2.24. The van der Waals surface area contributed by atoms with Crippen molar-refractivity contribution < 1.29 is 14.5 Å². The van der Waals surface area contributed by atoms with Crippen LogP contribution in [0.5, 0.6) is 0 Å². The van der Waals surface area contributed by atoms with Crippen LogP contribution in [0, 0.1) is 10.1 Å². The lowest BCUT2D eigenvalue weighted by atomic mass is 10.1. The molecule has 2 rings (SSSR count). The maximum atomic E-state index is 11.8. The van der Waals surface area contributed by atoms with Crippen LogP contribution in [0.2, 0.25) is 0 Å². The summed E-state index contributed by atoms with van der Waals surface area (Å²) < 4.78 is 0. The number of piperazine rings is 1. The van der Waals surface area contributed by atoms with Gasteiger partial charge in [-0.25, -0.2) is 0 Å². The van der Waals surface area contributed by atoms with Crippen LogP contribution in [-0.4, -0.2) is 59.3 Å². The number of benzene rings is 1. The predicted molar refractivity (Wildman–Crippen MR) is 92.9 cm³/mol. The largest absolute Gasteiger partial charge is 0.369 e. The smallest absolute Gasteiger partial charge is 0.271 e. The number of carbonyl (C=O) groups excluding carboxylic acids is 2. The second-order valence-corrected chi connectivity index (χ2v) is 6.00. The van der Waals surface area contributed by atoms with Crippen molar-refractivity contribution in [3.05, 3.63) is 33.9 Å². The lowest BCUT2D eigenvalue weighted by molar-refractivity contribution is -0.384. The summed E-state index contributed by atoms with van der Waals surface area (Å²) in [6.07, 6.45) is -0.461. The molecule has 0 aromatic heterocycles. The molecule has 25 heavy (non-hydrogen) atoms. The van der Waals surface area contributed by atoms with Crippen molar-refractivity contribution in [1.82, 2.24) is 9.80 Å². The van der Waals surface area contributed by atoms with Gasteiger partial charge in [-0.2, -0.15) is 0 Å². The van der Waals surface area contributed by atoms with Gasteiger partial charge in [-0.1, -0.05) is 6.92 Å². The van der Waals surface area contributed by atoms with Gasteiger partial charge in [0.2, 0.25) is 11.8 Å².